The SMILES string of the molecule is C=CCn1c(CSc2ccccc2)nnc1SCC(=O)Nc1c(C#N)cnn1C. The molecule has 0 saturated heterocycles. The third-order valence-electron chi connectivity index (χ3n) is 3.87. The maximum atomic E-state index is 12.3. The summed E-state index contributed by atoms with van der Waals surface area (Å²) in [6.45, 7) is 4.36. The van der Waals surface area contributed by atoms with E-state index < -0.39 is 0 Å². The molecule has 29 heavy (non-hydrogen) atoms. The van der Waals surface area contributed by atoms with Crippen molar-refractivity contribution in [3.63, 3.8) is 0 Å². The Morgan fingerprint density at radius 3 is 2.83 bits per heavy atom. The van der Waals surface area contributed by atoms with Crippen LogP contribution in [0.15, 0.2) is 59.2 Å². The summed E-state index contributed by atoms with van der Waals surface area (Å²) in [5.41, 5.74) is 0.320. The van der Waals surface area contributed by atoms with Crippen molar-refractivity contribution in [3.8, 4) is 6.07 Å². The number of nitrogens with zero attached hydrogens (tertiary/aromatic N) is 6. The van der Waals surface area contributed by atoms with Gasteiger partial charge in [0.05, 0.1) is 17.7 Å². The first-order valence-corrected chi connectivity index (χ1v) is 10.6. The zero-order valence-corrected chi connectivity index (χ0v) is 17.4. The fourth-order valence-electron chi connectivity index (χ4n) is 2.48. The van der Waals surface area contributed by atoms with Crippen LogP contribution in [0.25, 0.3) is 0 Å². The maximum absolute atomic E-state index is 12.3. The van der Waals surface area contributed by atoms with Crippen LogP contribution < -0.4 is 5.32 Å². The minimum Gasteiger partial charge on any atom is -0.309 e. The summed E-state index contributed by atoms with van der Waals surface area (Å²) in [6.07, 6.45) is 3.19. The van der Waals surface area contributed by atoms with Crippen molar-refractivity contribution >= 4 is 35.2 Å². The van der Waals surface area contributed by atoms with Crippen molar-refractivity contribution in [2.75, 3.05) is 11.1 Å². The molecule has 10 heteroatoms. The number of rotatable bonds is 9. The number of amides is 1. The van der Waals surface area contributed by atoms with Gasteiger partial charge in [-0.1, -0.05) is 36.0 Å². The van der Waals surface area contributed by atoms with Crippen molar-refractivity contribution < 1.29 is 4.79 Å². The largest absolute Gasteiger partial charge is 0.309 e. The van der Waals surface area contributed by atoms with Gasteiger partial charge in [-0.05, 0) is 12.1 Å². The molecule has 8 nitrogen and oxygen atoms in total. The van der Waals surface area contributed by atoms with Gasteiger partial charge in [-0.25, -0.2) is 0 Å². The number of nitrogens with one attached hydrogen (secondary N) is 1. The Morgan fingerprint density at radius 1 is 1.31 bits per heavy atom. The Balaban J connectivity index is 1.63. The highest BCUT2D eigenvalue weighted by molar-refractivity contribution is 7.99. The van der Waals surface area contributed by atoms with Gasteiger partial charge in [0.25, 0.3) is 0 Å². The van der Waals surface area contributed by atoms with Crippen molar-refractivity contribution in [1.82, 2.24) is 24.5 Å². The van der Waals surface area contributed by atoms with E-state index in [9.17, 15) is 4.79 Å². The smallest absolute Gasteiger partial charge is 0.236 e. The van der Waals surface area contributed by atoms with E-state index in [1.165, 1.54) is 22.6 Å². The molecule has 1 N–H and O–H groups in total. The van der Waals surface area contributed by atoms with Crippen LogP contribution >= 0.6 is 23.5 Å². The summed E-state index contributed by atoms with van der Waals surface area (Å²) >= 11 is 2.96. The zero-order chi connectivity index (χ0) is 20.6. The van der Waals surface area contributed by atoms with Gasteiger partial charge >= 0.3 is 0 Å². The Morgan fingerprint density at radius 2 is 2.10 bits per heavy atom. The van der Waals surface area contributed by atoms with E-state index >= 15 is 0 Å². The molecule has 3 aromatic rings. The molecular weight excluding hydrogens is 406 g/mol. The lowest BCUT2D eigenvalue weighted by molar-refractivity contribution is -0.113. The van der Waals surface area contributed by atoms with Crippen molar-refractivity contribution in [2.45, 2.75) is 22.3 Å². The standard InChI is InChI=1S/C19H19N7OS2/c1-3-9-26-16(12-28-15-7-5-4-6-8-15)23-24-19(26)29-13-17(27)22-18-14(10-20)11-21-25(18)2/h3-8,11H,1,9,12-13H2,2H3,(H,22,27). The van der Waals surface area contributed by atoms with Crippen molar-refractivity contribution in [1.29, 1.82) is 5.26 Å². The number of nitriles is 1. The number of allylic oxidation sites excluding steroid dienone is 1. The van der Waals surface area contributed by atoms with Crippen LogP contribution in [0.1, 0.15) is 11.4 Å². The first-order valence-electron chi connectivity index (χ1n) is 8.68. The van der Waals surface area contributed by atoms with Gasteiger partial charge in [0.15, 0.2) is 5.16 Å². The van der Waals surface area contributed by atoms with Crippen LogP contribution in [-0.2, 0) is 24.1 Å². The van der Waals surface area contributed by atoms with Crippen LogP contribution in [0.4, 0.5) is 5.82 Å². The van der Waals surface area contributed by atoms with E-state index in [0.29, 0.717) is 28.8 Å². The number of hydrogen-bond donors (Lipinski definition) is 1. The molecule has 0 aliphatic heterocycles. The van der Waals surface area contributed by atoms with Crippen molar-refractivity contribution in [3.05, 3.63) is 60.6 Å². The average molecular weight is 426 g/mol. The molecule has 148 valence electrons. The summed E-state index contributed by atoms with van der Waals surface area (Å²) in [6, 6.07) is 12.1. The highest BCUT2D eigenvalue weighted by Crippen LogP contribution is 2.24. The van der Waals surface area contributed by atoms with Gasteiger partial charge in [-0.3, -0.25) is 9.48 Å². The molecule has 1 amide bonds. The molecule has 0 saturated carbocycles. The fourth-order valence-corrected chi connectivity index (χ4v) is 4.10. The maximum Gasteiger partial charge on any atom is 0.236 e. The molecule has 0 fully saturated rings. The Bertz CT molecular complexity index is 1040. The summed E-state index contributed by atoms with van der Waals surface area (Å²) < 4.78 is 3.41. The molecule has 0 spiro atoms. The number of carbonyl (C=O) groups excluding carboxylic acids is 1. The van der Waals surface area contributed by atoms with Crippen LogP contribution in [0, 0.1) is 11.3 Å². The van der Waals surface area contributed by atoms with Gasteiger partial charge in [-0.2, -0.15) is 10.4 Å². The first kappa shape index (κ1) is 20.7. The second-order valence-electron chi connectivity index (χ2n) is 5.88. The number of aromatic nitrogens is 5. The van der Waals surface area contributed by atoms with Gasteiger partial charge < -0.3 is 9.88 Å². The molecule has 1 aromatic carbocycles. The number of thioether (sulfide) groups is 2. The lowest BCUT2D eigenvalue weighted by Crippen LogP contribution is -2.17. The minimum absolute atomic E-state index is 0.136. The molecule has 0 atom stereocenters. The summed E-state index contributed by atoms with van der Waals surface area (Å²) in [5.74, 6) is 1.75. The molecule has 0 unspecified atom stereocenters. The second-order valence-corrected chi connectivity index (χ2v) is 7.87. The molecular formula is C19H19N7OS2. The van der Waals surface area contributed by atoms with E-state index in [0.717, 1.165) is 10.7 Å². The lowest BCUT2D eigenvalue weighted by atomic mass is 10.3. The van der Waals surface area contributed by atoms with Crippen LogP contribution in [0.3, 0.4) is 0 Å². The normalized spacial score (nSPS) is 10.5. The molecule has 2 heterocycles. The number of aryl methyl sites for hydroxylation is 1. The summed E-state index contributed by atoms with van der Waals surface area (Å²) in [4.78, 5) is 13.5. The molecule has 2 aromatic heterocycles. The lowest BCUT2D eigenvalue weighted by Gasteiger charge is -2.08. The minimum atomic E-state index is -0.247. The van der Waals surface area contributed by atoms with Gasteiger partial charge in [0, 0.05) is 18.5 Å². The molecule has 0 aliphatic carbocycles. The Labute approximate surface area is 177 Å². The van der Waals surface area contributed by atoms with Crippen molar-refractivity contribution in [2.24, 2.45) is 7.05 Å². The Kier molecular flexibility index (Phi) is 7.10. The number of anilines is 1. The highest BCUT2D eigenvalue weighted by atomic mass is 32.2. The topological polar surface area (TPSA) is 101 Å². The first-order chi connectivity index (χ1) is 14.1. The van der Waals surface area contributed by atoms with E-state index in [2.05, 4.69) is 27.2 Å². The van der Waals surface area contributed by atoms with Gasteiger partial charge in [0.2, 0.25) is 5.91 Å². The van der Waals surface area contributed by atoms with Crippen LogP contribution in [-0.4, -0.2) is 36.2 Å². The zero-order valence-electron chi connectivity index (χ0n) is 15.8. The summed E-state index contributed by atoms with van der Waals surface area (Å²) in [7, 11) is 1.67. The molecule has 0 radical (unpaired) electrons. The fraction of sp³-hybridized carbons (Fsp3) is 0.211. The van der Waals surface area contributed by atoms with Gasteiger partial charge in [0.1, 0.15) is 23.3 Å². The highest BCUT2D eigenvalue weighted by Gasteiger charge is 2.16. The van der Waals surface area contributed by atoms with E-state index in [4.69, 9.17) is 5.26 Å². The average Bonchev–Trinajstić information content (AvgIpc) is 3.29. The monoisotopic (exact) mass is 425 g/mol. The predicted octanol–water partition coefficient (Wildman–Crippen LogP) is 3.09. The van der Waals surface area contributed by atoms with Crippen LogP contribution in [0.5, 0.6) is 0 Å². The van der Waals surface area contributed by atoms with Gasteiger partial charge in [-0.15, -0.1) is 28.5 Å². The number of hydrogen-bond acceptors (Lipinski definition) is 7. The second kappa shape index (κ2) is 9.95. The molecule has 0 aliphatic rings. The van der Waals surface area contributed by atoms with E-state index in [-0.39, 0.29) is 11.7 Å². The Hall–Kier alpha value is -3.03. The van der Waals surface area contributed by atoms with E-state index in [1.54, 1.807) is 24.9 Å². The number of benzene rings is 1. The number of carbonyl (C=O) groups is 1. The molecule has 0 bridgehead atoms. The van der Waals surface area contributed by atoms with Crippen LogP contribution in [0.2, 0.25) is 0 Å². The predicted molar refractivity (Wildman–Crippen MR) is 113 cm³/mol. The summed E-state index contributed by atoms with van der Waals surface area (Å²) in [5, 5.41) is 25.0. The third kappa shape index (κ3) is 5.28. The van der Waals surface area contributed by atoms with E-state index in [1.807, 2.05) is 41.0 Å². The molecule has 3 rings (SSSR count). The third-order valence-corrected chi connectivity index (χ3v) is 5.84. The quantitative estimate of drug-likeness (QED) is 0.415.